The summed E-state index contributed by atoms with van der Waals surface area (Å²) in [6.45, 7) is 6.56. The Morgan fingerprint density at radius 2 is 1.77 bits per heavy atom. The Labute approximate surface area is 182 Å². The van der Waals surface area contributed by atoms with Crippen molar-refractivity contribution in [3.8, 4) is 0 Å². The number of nitro groups is 1. The summed E-state index contributed by atoms with van der Waals surface area (Å²) in [4.78, 5) is 38.9. The largest absolute Gasteiger partial charge is 0.338 e. The lowest BCUT2D eigenvalue weighted by molar-refractivity contribution is -0.385. The van der Waals surface area contributed by atoms with E-state index in [4.69, 9.17) is 0 Å². The molecule has 2 fully saturated rings. The maximum Gasteiger partial charge on any atom is 0.270 e. The van der Waals surface area contributed by atoms with Gasteiger partial charge in [-0.05, 0) is 24.8 Å². The van der Waals surface area contributed by atoms with Gasteiger partial charge in [0.25, 0.3) is 5.69 Å². The first-order valence-corrected chi connectivity index (χ1v) is 11.8. The van der Waals surface area contributed by atoms with Gasteiger partial charge in [0.1, 0.15) is 6.04 Å². The smallest absolute Gasteiger partial charge is 0.270 e. The fourth-order valence-corrected chi connectivity index (χ4v) is 5.86. The quantitative estimate of drug-likeness (QED) is 0.475. The van der Waals surface area contributed by atoms with Gasteiger partial charge < -0.3 is 9.80 Å². The summed E-state index contributed by atoms with van der Waals surface area (Å²) < 4.78 is 27.5. The summed E-state index contributed by atoms with van der Waals surface area (Å²) in [6.07, 6.45) is 1.19. The molecule has 1 unspecified atom stereocenters. The van der Waals surface area contributed by atoms with Gasteiger partial charge in [-0.2, -0.15) is 4.31 Å². The maximum atomic E-state index is 13.2. The van der Waals surface area contributed by atoms with Gasteiger partial charge in [0.2, 0.25) is 21.8 Å². The number of piperazine rings is 1. The molecule has 3 rings (SSSR count). The zero-order chi connectivity index (χ0) is 22.9. The van der Waals surface area contributed by atoms with Crippen LogP contribution in [-0.2, 0) is 19.6 Å². The van der Waals surface area contributed by atoms with Crippen molar-refractivity contribution in [2.24, 2.45) is 5.92 Å². The van der Waals surface area contributed by atoms with E-state index in [0.29, 0.717) is 18.5 Å². The van der Waals surface area contributed by atoms with Crippen LogP contribution in [0, 0.1) is 23.0 Å². The van der Waals surface area contributed by atoms with Gasteiger partial charge in [0, 0.05) is 51.3 Å². The molecule has 0 N–H and O–H groups in total. The summed E-state index contributed by atoms with van der Waals surface area (Å²) in [5, 5.41) is 11.1. The first-order valence-electron chi connectivity index (χ1n) is 10.4. The molecular formula is C20H28N4O6S. The van der Waals surface area contributed by atoms with Crippen LogP contribution in [0.25, 0.3) is 0 Å². The van der Waals surface area contributed by atoms with Gasteiger partial charge in [-0.25, -0.2) is 8.42 Å². The van der Waals surface area contributed by atoms with Crippen LogP contribution in [0.2, 0.25) is 0 Å². The summed E-state index contributed by atoms with van der Waals surface area (Å²) >= 11 is 0. The van der Waals surface area contributed by atoms with Crippen molar-refractivity contribution in [2.45, 2.75) is 44.6 Å². The Bertz CT molecular complexity index is 985. The molecular weight excluding hydrogens is 424 g/mol. The number of benzene rings is 1. The zero-order valence-corrected chi connectivity index (χ0v) is 18.8. The normalized spacial score (nSPS) is 19.2. The second-order valence-electron chi connectivity index (χ2n) is 8.32. The van der Waals surface area contributed by atoms with E-state index in [0.717, 1.165) is 12.5 Å². The van der Waals surface area contributed by atoms with Crippen LogP contribution in [0.15, 0.2) is 23.1 Å². The highest BCUT2D eigenvalue weighted by Gasteiger charge is 2.39. The Hall–Kier alpha value is -2.53. The van der Waals surface area contributed by atoms with Gasteiger partial charge in [0.05, 0.1) is 9.82 Å². The number of nitrogens with zero attached hydrogens (tertiary/aromatic N) is 4. The van der Waals surface area contributed by atoms with Crippen LogP contribution in [0.4, 0.5) is 5.69 Å². The molecule has 2 amide bonds. The second kappa shape index (κ2) is 8.91. The first kappa shape index (κ1) is 23.1. The summed E-state index contributed by atoms with van der Waals surface area (Å²) in [6, 6.07) is 3.23. The van der Waals surface area contributed by atoms with Gasteiger partial charge in [-0.15, -0.1) is 0 Å². The van der Waals surface area contributed by atoms with Gasteiger partial charge in [-0.1, -0.05) is 19.9 Å². The Morgan fingerprint density at radius 3 is 2.29 bits per heavy atom. The second-order valence-corrected chi connectivity index (χ2v) is 10.2. The number of carbonyl (C=O) groups excluding carboxylic acids is 2. The predicted molar refractivity (Wildman–Crippen MR) is 113 cm³/mol. The molecule has 0 radical (unpaired) electrons. The molecule has 0 aromatic heterocycles. The minimum absolute atomic E-state index is 0.0191. The summed E-state index contributed by atoms with van der Waals surface area (Å²) in [5.41, 5.74) is 0.143. The van der Waals surface area contributed by atoms with Crippen molar-refractivity contribution < 1.29 is 22.9 Å². The molecule has 0 bridgehead atoms. The molecule has 2 aliphatic rings. The number of aryl methyl sites for hydroxylation is 1. The molecule has 11 heteroatoms. The lowest BCUT2D eigenvalue weighted by atomic mass is 10.0. The molecule has 31 heavy (non-hydrogen) atoms. The molecule has 1 atom stereocenters. The summed E-state index contributed by atoms with van der Waals surface area (Å²) in [5.74, 6) is -0.230. The van der Waals surface area contributed by atoms with E-state index in [1.54, 1.807) is 16.7 Å². The van der Waals surface area contributed by atoms with E-state index in [9.17, 15) is 28.1 Å². The molecule has 0 saturated carbocycles. The highest BCUT2D eigenvalue weighted by molar-refractivity contribution is 7.89. The highest BCUT2D eigenvalue weighted by Crippen LogP contribution is 2.26. The lowest BCUT2D eigenvalue weighted by Gasteiger charge is -2.39. The Balaban J connectivity index is 1.74. The molecule has 170 valence electrons. The molecule has 0 spiro atoms. The van der Waals surface area contributed by atoms with Gasteiger partial charge in [0.15, 0.2) is 0 Å². The highest BCUT2D eigenvalue weighted by atomic mass is 32.2. The number of hydrogen-bond donors (Lipinski definition) is 0. The Morgan fingerprint density at radius 1 is 1.13 bits per heavy atom. The van der Waals surface area contributed by atoms with E-state index < -0.39 is 21.0 Å². The van der Waals surface area contributed by atoms with E-state index in [-0.39, 0.29) is 54.5 Å². The van der Waals surface area contributed by atoms with E-state index >= 15 is 0 Å². The van der Waals surface area contributed by atoms with Crippen LogP contribution >= 0.6 is 0 Å². The number of rotatable bonds is 6. The van der Waals surface area contributed by atoms with Crippen LogP contribution in [0.5, 0.6) is 0 Å². The van der Waals surface area contributed by atoms with Gasteiger partial charge in [-0.3, -0.25) is 19.7 Å². The molecule has 2 aliphatic heterocycles. The average Bonchev–Trinajstić information content (AvgIpc) is 3.13. The van der Waals surface area contributed by atoms with E-state index in [1.165, 1.54) is 16.4 Å². The molecule has 2 heterocycles. The standard InChI is InChI=1S/C20H28N4O6S/c1-14(2)19(23-8-4-5-18(23)25)20(26)21-9-11-22(12-10-21)31(29,30)17-13-16(24(27)28)7-6-15(17)3/h6-7,13-14,19H,4-5,8-12H2,1-3H3. The first-order chi connectivity index (χ1) is 14.5. The SMILES string of the molecule is Cc1ccc([N+](=O)[O-])cc1S(=O)(=O)N1CCN(C(=O)C(C(C)C)N2CCCC2=O)CC1. The van der Waals surface area contributed by atoms with Crippen LogP contribution in [-0.4, -0.2) is 78.0 Å². The molecule has 1 aromatic carbocycles. The summed E-state index contributed by atoms with van der Waals surface area (Å²) in [7, 11) is -3.93. The van der Waals surface area contributed by atoms with Crippen molar-refractivity contribution >= 4 is 27.5 Å². The van der Waals surface area contributed by atoms with Crippen molar-refractivity contribution in [2.75, 3.05) is 32.7 Å². The Kier molecular flexibility index (Phi) is 6.65. The minimum atomic E-state index is -3.93. The molecule has 2 saturated heterocycles. The zero-order valence-electron chi connectivity index (χ0n) is 18.0. The van der Waals surface area contributed by atoms with E-state index in [1.807, 2.05) is 13.8 Å². The van der Waals surface area contributed by atoms with E-state index in [2.05, 4.69) is 0 Å². The number of non-ortho nitro benzene ring substituents is 1. The fourth-order valence-electron chi connectivity index (χ4n) is 4.20. The monoisotopic (exact) mass is 452 g/mol. The number of carbonyl (C=O) groups is 2. The third-order valence-electron chi connectivity index (χ3n) is 5.88. The van der Waals surface area contributed by atoms with Gasteiger partial charge >= 0.3 is 0 Å². The molecule has 1 aromatic rings. The van der Waals surface area contributed by atoms with Crippen molar-refractivity contribution in [1.82, 2.24) is 14.1 Å². The lowest BCUT2D eigenvalue weighted by Crippen LogP contribution is -2.57. The van der Waals surface area contributed by atoms with Crippen molar-refractivity contribution in [3.63, 3.8) is 0 Å². The molecule has 10 nitrogen and oxygen atoms in total. The third-order valence-corrected chi connectivity index (χ3v) is 7.92. The van der Waals surface area contributed by atoms with Crippen molar-refractivity contribution in [3.05, 3.63) is 33.9 Å². The van der Waals surface area contributed by atoms with Crippen LogP contribution in [0.3, 0.4) is 0 Å². The number of amides is 2. The number of nitro benzene ring substituents is 1. The maximum absolute atomic E-state index is 13.2. The number of hydrogen-bond acceptors (Lipinski definition) is 6. The fraction of sp³-hybridized carbons (Fsp3) is 0.600. The average molecular weight is 453 g/mol. The minimum Gasteiger partial charge on any atom is -0.338 e. The van der Waals surface area contributed by atoms with Crippen molar-refractivity contribution in [1.29, 1.82) is 0 Å². The molecule has 0 aliphatic carbocycles. The number of sulfonamides is 1. The number of likely N-dealkylation sites (tertiary alicyclic amines) is 1. The van der Waals surface area contributed by atoms with Crippen LogP contribution < -0.4 is 0 Å². The predicted octanol–water partition coefficient (Wildman–Crippen LogP) is 1.38. The third kappa shape index (κ3) is 4.57. The topological polar surface area (TPSA) is 121 Å². The van der Waals surface area contributed by atoms with Crippen LogP contribution in [0.1, 0.15) is 32.3 Å².